The zero-order valence-corrected chi connectivity index (χ0v) is 8.66. The molecule has 0 atom stereocenters. The third kappa shape index (κ3) is 3.49. The summed E-state index contributed by atoms with van der Waals surface area (Å²) in [6, 6.07) is 7.72. The molecule has 2 heteroatoms. The van der Waals surface area contributed by atoms with Gasteiger partial charge in [0.15, 0.2) is 0 Å². The van der Waals surface area contributed by atoms with Gasteiger partial charge in [-0.3, -0.25) is 0 Å². The fourth-order valence-corrected chi connectivity index (χ4v) is 1.05. The summed E-state index contributed by atoms with van der Waals surface area (Å²) < 4.78 is 5.52. The van der Waals surface area contributed by atoms with Gasteiger partial charge in [-0.15, -0.1) is 0 Å². The number of rotatable bonds is 4. The second-order valence-corrected chi connectivity index (χ2v) is 3.67. The molecule has 0 heterocycles. The Bertz CT molecular complexity index is 308. The Morgan fingerprint density at radius 3 is 2.43 bits per heavy atom. The van der Waals surface area contributed by atoms with Crippen LogP contribution in [0.2, 0.25) is 0 Å². The van der Waals surface area contributed by atoms with Gasteiger partial charge in [-0.1, -0.05) is 13.8 Å². The summed E-state index contributed by atoms with van der Waals surface area (Å²) in [6.07, 6.45) is 0. The molecular weight excluding hydrogens is 174 g/mol. The summed E-state index contributed by atoms with van der Waals surface area (Å²) in [5.74, 6) is 1.42. The van der Waals surface area contributed by atoms with Crippen LogP contribution < -0.4 is 4.74 Å². The van der Waals surface area contributed by atoms with Crippen LogP contribution in [0.4, 0.5) is 0 Å². The normalized spacial score (nSPS) is 9.86. The van der Waals surface area contributed by atoms with Crippen molar-refractivity contribution in [2.24, 2.45) is 5.92 Å². The van der Waals surface area contributed by atoms with Crippen molar-refractivity contribution < 1.29 is 4.74 Å². The summed E-state index contributed by atoms with van der Waals surface area (Å²) in [5.41, 5.74) is 1.04. The van der Waals surface area contributed by atoms with Crippen molar-refractivity contribution in [3.8, 4) is 5.75 Å². The van der Waals surface area contributed by atoms with Crippen LogP contribution in [0.25, 0.3) is 4.85 Å². The minimum absolute atomic E-state index is 0.449. The predicted molar refractivity (Wildman–Crippen MR) is 57.1 cm³/mol. The van der Waals surface area contributed by atoms with Gasteiger partial charge in [0.1, 0.15) is 5.75 Å². The van der Waals surface area contributed by atoms with Gasteiger partial charge >= 0.3 is 0 Å². The Labute approximate surface area is 85.3 Å². The lowest BCUT2D eigenvalue weighted by Crippen LogP contribution is -2.04. The van der Waals surface area contributed by atoms with E-state index in [0.29, 0.717) is 12.5 Å². The van der Waals surface area contributed by atoms with E-state index >= 15 is 0 Å². The lowest BCUT2D eigenvalue weighted by molar-refractivity contribution is 0.271. The first kappa shape index (κ1) is 10.6. The summed E-state index contributed by atoms with van der Waals surface area (Å²) in [6.45, 7) is 12.1. The van der Waals surface area contributed by atoms with E-state index in [1.165, 1.54) is 0 Å². The minimum atomic E-state index is 0.449. The number of nitrogens with zero attached hydrogens (tertiary/aromatic N) is 1. The van der Waals surface area contributed by atoms with E-state index in [2.05, 4.69) is 18.7 Å². The fraction of sp³-hybridized carbons (Fsp3) is 0.417. The van der Waals surface area contributed by atoms with Crippen molar-refractivity contribution in [1.29, 1.82) is 0 Å². The molecule has 0 unspecified atom stereocenters. The molecule has 0 aliphatic heterocycles. The molecule has 0 N–H and O–H groups in total. The van der Waals surface area contributed by atoms with E-state index in [1.807, 2.05) is 24.3 Å². The Morgan fingerprint density at radius 1 is 1.29 bits per heavy atom. The van der Waals surface area contributed by atoms with Crippen molar-refractivity contribution >= 4 is 0 Å². The predicted octanol–water partition coefficient (Wildman–Crippen LogP) is 3.14. The maximum Gasteiger partial charge on any atom is 0.239 e. The largest absolute Gasteiger partial charge is 0.493 e. The SMILES string of the molecule is [C-]#[N+]Cc1ccc(OCC(C)C)cc1. The maximum absolute atomic E-state index is 6.72. The van der Waals surface area contributed by atoms with Gasteiger partial charge in [0, 0.05) is 5.56 Å². The minimum Gasteiger partial charge on any atom is -0.493 e. The summed E-state index contributed by atoms with van der Waals surface area (Å²) in [7, 11) is 0. The Hall–Kier alpha value is -1.49. The second-order valence-electron chi connectivity index (χ2n) is 3.67. The molecular formula is C12H15NO. The van der Waals surface area contributed by atoms with E-state index in [-0.39, 0.29) is 0 Å². The second kappa shape index (κ2) is 5.29. The molecule has 0 aliphatic carbocycles. The first-order valence-corrected chi connectivity index (χ1v) is 4.77. The van der Waals surface area contributed by atoms with E-state index in [9.17, 15) is 0 Å². The molecule has 1 rings (SSSR count). The Kier molecular flexibility index (Phi) is 4.00. The molecule has 74 valence electrons. The van der Waals surface area contributed by atoms with Crippen LogP contribution in [-0.4, -0.2) is 6.61 Å². The highest BCUT2D eigenvalue weighted by atomic mass is 16.5. The average molecular weight is 189 g/mol. The lowest BCUT2D eigenvalue weighted by Gasteiger charge is -2.08. The van der Waals surface area contributed by atoms with Crippen LogP contribution in [0.15, 0.2) is 24.3 Å². The van der Waals surface area contributed by atoms with Crippen molar-refractivity contribution in [2.45, 2.75) is 20.4 Å². The summed E-state index contributed by atoms with van der Waals surface area (Å²) >= 11 is 0. The smallest absolute Gasteiger partial charge is 0.239 e. The Balaban J connectivity index is 2.52. The molecule has 0 bridgehead atoms. The number of hydrogen-bond acceptors (Lipinski definition) is 1. The third-order valence-corrected chi connectivity index (χ3v) is 1.77. The topological polar surface area (TPSA) is 13.6 Å². The quantitative estimate of drug-likeness (QED) is 0.663. The molecule has 0 spiro atoms. The molecule has 1 aromatic carbocycles. The summed E-state index contributed by atoms with van der Waals surface area (Å²) in [5, 5.41) is 0. The molecule has 0 saturated heterocycles. The number of ether oxygens (including phenoxy) is 1. The number of hydrogen-bond donors (Lipinski definition) is 0. The average Bonchev–Trinajstić information content (AvgIpc) is 2.17. The monoisotopic (exact) mass is 189 g/mol. The van der Waals surface area contributed by atoms with Crippen molar-refractivity contribution in [3.63, 3.8) is 0 Å². The van der Waals surface area contributed by atoms with Crippen LogP contribution in [0, 0.1) is 12.5 Å². The van der Waals surface area contributed by atoms with Gasteiger partial charge in [0.05, 0.1) is 6.61 Å². The van der Waals surface area contributed by atoms with Crippen molar-refractivity contribution in [2.75, 3.05) is 6.61 Å². The van der Waals surface area contributed by atoms with Crippen LogP contribution >= 0.6 is 0 Å². The van der Waals surface area contributed by atoms with E-state index < -0.39 is 0 Å². The van der Waals surface area contributed by atoms with E-state index in [0.717, 1.165) is 17.9 Å². The molecule has 0 aromatic heterocycles. The van der Waals surface area contributed by atoms with Crippen LogP contribution in [-0.2, 0) is 6.54 Å². The number of benzene rings is 1. The molecule has 0 radical (unpaired) electrons. The first-order valence-electron chi connectivity index (χ1n) is 4.77. The molecule has 0 saturated carbocycles. The van der Waals surface area contributed by atoms with Crippen LogP contribution in [0.5, 0.6) is 5.75 Å². The maximum atomic E-state index is 6.72. The highest BCUT2D eigenvalue weighted by molar-refractivity contribution is 5.27. The third-order valence-electron chi connectivity index (χ3n) is 1.77. The van der Waals surface area contributed by atoms with Crippen LogP contribution in [0.1, 0.15) is 19.4 Å². The zero-order valence-electron chi connectivity index (χ0n) is 8.66. The van der Waals surface area contributed by atoms with E-state index in [1.54, 1.807) is 0 Å². The van der Waals surface area contributed by atoms with Gasteiger partial charge in [0.2, 0.25) is 6.54 Å². The molecule has 0 aliphatic rings. The highest BCUT2D eigenvalue weighted by Crippen LogP contribution is 2.13. The van der Waals surface area contributed by atoms with Gasteiger partial charge in [-0.25, -0.2) is 6.57 Å². The molecule has 1 aromatic rings. The van der Waals surface area contributed by atoms with Crippen LogP contribution in [0.3, 0.4) is 0 Å². The van der Waals surface area contributed by atoms with Gasteiger partial charge < -0.3 is 9.58 Å². The van der Waals surface area contributed by atoms with Gasteiger partial charge in [-0.05, 0) is 30.2 Å². The van der Waals surface area contributed by atoms with Crippen molar-refractivity contribution in [3.05, 3.63) is 41.2 Å². The summed E-state index contributed by atoms with van der Waals surface area (Å²) in [4.78, 5) is 3.32. The van der Waals surface area contributed by atoms with Gasteiger partial charge in [0.25, 0.3) is 0 Å². The molecule has 0 amide bonds. The zero-order chi connectivity index (χ0) is 10.4. The highest BCUT2D eigenvalue weighted by Gasteiger charge is 1.98. The standard InChI is InChI=1S/C12H15NO/c1-10(2)9-14-12-6-4-11(5-7-12)8-13-3/h4-7,10H,8-9H2,1-2H3. The molecule has 14 heavy (non-hydrogen) atoms. The molecule has 2 nitrogen and oxygen atoms in total. The fourth-order valence-electron chi connectivity index (χ4n) is 1.05. The first-order chi connectivity index (χ1) is 6.72. The van der Waals surface area contributed by atoms with Gasteiger partial charge in [-0.2, -0.15) is 0 Å². The van der Waals surface area contributed by atoms with Crippen molar-refractivity contribution in [1.82, 2.24) is 0 Å². The Morgan fingerprint density at radius 2 is 1.93 bits per heavy atom. The lowest BCUT2D eigenvalue weighted by atomic mass is 10.2. The van der Waals surface area contributed by atoms with E-state index in [4.69, 9.17) is 11.3 Å². The molecule has 0 fully saturated rings.